The van der Waals surface area contributed by atoms with Gasteiger partial charge in [-0.2, -0.15) is 0 Å². The first-order chi connectivity index (χ1) is 10.4. The lowest BCUT2D eigenvalue weighted by Gasteiger charge is -2.38. The Morgan fingerprint density at radius 2 is 2.00 bits per heavy atom. The van der Waals surface area contributed by atoms with Crippen LogP contribution in [-0.4, -0.2) is 42.5 Å². The molecule has 5 nitrogen and oxygen atoms in total. The van der Waals surface area contributed by atoms with Crippen molar-refractivity contribution >= 4 is 28.2 Å². The van der Waals surface area contributed by atoms with Crippen molar-refractivity contribution in [2.45, 2.75) is 52.1 Å². The number of methoxy groups -OCH3 is 1. The highest BCUT2D eigenvalue weighted by Gasteiger charge is 2.27. The van der Waals surface area contributed by atoms with E-state index >= 15 is 0 Å². The van der Waals surface area contributed by atoms with Gasteiger partial charge in [-0.15, -0.1) is 11.3 Å². The Morgan fingerprint density at radius 3 is 2.59 bits per heavy atom. The van der Waals surface area contributed by atoms with Gasteiger partial charge in [0, 0.05) is 17.0 Å². The minimum Gasteiger partial charge on any atom is -0.465 e. The molecule has 1 fully saturated rings. The van der Waals surface area contributed by atoms with Gasteiger partial charge in [0.1, 0.15) is 5.00 Å². The highest BCUT2D eigenvalue weighted by molar-refractivity contribution is 7.16. The zero-order valence-electron chi connectivity index (χ0n) is 13.6. The minimum absolute atomic E-state index is 0.0763. The van der Waals surface area contributed by atoms with Crippen molar-refractivity contribution in [2.24, 2.45) is 0 Å². The van der Waals surface area contributed by atoms with Crippen LogP contribution in [0.5, 0.6) is 0 Å². The molecule has 0 saturated carbocycles. The van der Waals surface area contributed by atoms with Crippen molar-refractivity contribution in [3.63, 3.8) is 0 Å². The summed E-state index contributed by atoms with van der Waals surface area (Å²) >= 11 is 1.40. The summed E-state index contributed by atoms with van der Waals surface area (Å²) in [6.45, 7) is 6.59. The number of rotatable bonds is 4. The largest absolute Gasteiger partial charge is 0.465 e. The summed E-state index contributed by atoms with van der Waals surface area (Å²) in [5.74, 6) is -0.494. The summed E-state index contributed by atoms with van der Waals surface area (Å²) in [5.41, 5.74) is 0.429. The molecule has 0 aromatic carbocycles. The summed E-state index contributed by atoms with van der Waals surface area (Å²) in [6.07, 6.45) is 3.48. The van der Waals surface area contributed by atoms with Gasteiger partial charge in [0.05, 0.1) is 19.2 Å². The number of nitrogens with one attached hydrogen (secondary N) is 1. The van der Waals surface area contributed by atoms with Crippen LogP contribution in [0.4, 0.5) is 5.00 Å². The lowest BCUT2D eigenvalue weighted by molar-refractivity contribution is -0.118. The van der Waals surface area contributed by atoms with Gasteiger partial charge < -0.3 is 10.1 Å². The number of anilines is 1. The number of piperidine rings is 1. The Kier molecular flexibility index (Phi) is 5.58. The van der Waals surface area contributed by atoms with Gasteiger partial charge in [0.2, 0.25) is 5.91 Å². The molecule has 2 rings (SSSR count). The smallest absolute Gasteiger partial charge is 0.340 e. The molecule has 122 valence electrons. The van der Waals surface area contributed by atoms with E-state index in [1.54, 1.807) is 6.07 Å². The normalized spacial score (nSPS) is 22.4. The van der Waals surface area contributed by atoms with Crippen LogP contribution in [0.15, 0.2) is 6.07 Å². The number of hydrogen-bond donors (Lipinski definition) is 1. The summed E-state index contributed by atoms with van der Waals surface area (Å²) in [4.78, 5) is 27.3. The second-order valence-electron chi connectivity index (χ2n) is 5.94. The van der Waals surface area contributed by atoms with Crippen LogP contribution in [0.1, 0.15) is 48.3 Å². The fourth-order valence-electron chi connectivity index (χ4n) is 2.99. The molecule has 1 aliphatic rings. The third-order valence-electron chi connectivity index (χ3n) is 4.22. The Hall–Kier alpha value is -1.40. The Morgan fingerprint density at radius 1 is 1.36 bits per heavy atom. The third-order valence-corrected chi connectivity index (χ3v) is 5.18. The number of esters is 1. The van der Waals surface area contributed by atoms with E-state index < -0.39 is 5.97 Å². The highest BCUT2D eigenvalue weighted by Crippen LogP contribution is 2.28. The molecule has 1 aliphatic heterocycles. The van der Waals surface area contributed by atoms with Crippen LogP contribution in [0, 0.1) is 6.92 Å². The average molecular weight is 324 g/mol. The van der Waals surface area contributed by atoms with Crippen molar-refractivity contribution in [2.75, 3.05) is 19.0 Å². The zero-order valence-corrected chi connectivity index (χ0v) is 14.5. The molecule has 0 spiro atoms. The van der Waals surface area contributed by atoms with Crippen LogP contribution in [0.2, 0.25) is 0 Å². The lowest BCUT2D eigenvalue weighted by atomic mass is 9.97. The van der Waals surface area contributed by atoms with E-state index in [1.807, 2.05) is 6.92 Å². The fraction of sp³-hybridized carbons (Fsp3) is 0.625. The van der Waals surface area contributed by atoms with Gasteiger partial charge in [0.15, 0.2) is 0 Å². The maximum atomic E-state index is 12.3. The summed E-state index contributed by atoms with van der Waals surface area (Å²) in [7, 11) is 1.35. The van der Waals surface area contributed by atoms with Gasteiger partial charge in [-0.25, -0.2) is 4.79 Å². The molecule has 1 N–H and O–H groups in total. The molecule has 6 heteroatoms. The topological polar surface area (TPSA) is 58.6 Å². The van der Waals surface area contributed by atoms with Crippen LogP contribution in [0.3, 0.4) is 0 Å². The first-order valence-electron chi connectivity index (χ1n) is 7.66. The third kappa shape index (κ3) is 3.87. The summed E-state index contributed by atoms with van der Waals surface area (Å²) in [5, 5.41) is 3.45. The minimum atomic E-state index is -0.417. The Bertz CT molecular complexity index is 546. The van der Waals surface area contributed by atoms with E-state index in [4.69, 9.17) is 4.74 Å². The number of nitrogens with zero attached hydrogens (tertiary/aromatic N) is 1. The SMILES string of the molecule is COC(=O)c1cc(C)sc1NC(=O)CN1C(C)CCCC1C. The zero-order chi connectivity index (χ0) is 16.3. The monoisotopic (exact) mass is 324 g/mol. The molecule has 0 radical (unpaired) electrons. The second kappa shape index (κ2) is 7.24. The van der Waals surface area contributed by atoms with Crippen LogP contribution in [0.25, 0.3) is 0 Å². The molecule has 2 unspecified atom stereocenters. The molecule has 0 aliphatic carbocycles. The van der Waals surface area contributed by atoms with E-state index in [9.17, 15) is 9.59 Å². The predicted molar refractivity (Wildman–Crippen MR) is 88.5 cm³/mol. The summed E-state index contributed by atoms with van der Waals surface area (Å²) < 4.78 is 4.76. The number of ether oxygens (including phenoxy) is 1. The number of carbonyl (C=O) groups is 2. The number of amides is 1. The quantitative estimate of drug-likeness (QED) is 0.865. The average Bonchev–Trinajstić information content (AvgIpc) is 2.83. The molecule has 2 atom stereocenters. The number of thiophene rings is 1. The van der Waals surface area contributed by atoms with Gasteiger partial charge in [0.25, 0.3) is 0 Å². The predicted octanol–water partition coefficient (Wildman–Crippen LogP) is 3.04. The maximum Gasteiger partial charge on any atom is 0.340 e. The number of hydrogen-bond acceptors (Lipinski definition) is 5. The van der Waals surface area contributed by atoms with E-state index in [-0.39, 0.29) is 5.91 Å². The van der Waals surface area contributed by atoms with Gasteiger partial charge in [-0.05, 0) is 39.7 Å². The maximum absolute atomic E-state index is 12.3. The van der Waals surface area contributed by atoms with Crippen LogP contribution < -0.4 is 5.32 Å². The molecular weight excluding hydrogens is 300 g/mol. The molecule has 0 bridgehead atoms. The summed E-state index contributed by atoms with van der Waals surface area (Å²) in [6, 6.07) is 2.58. The standard InChI is InChI=1S/C16H24N2O3S/c1-10-6-5-7-11(2)18(10)9-14(19)17-15-13(16(20)21-4)8-12(3)22-15/h8,10-11H,5-7,9H2,1-4H3,(H,17,19). The first-order valence-corrected chi connectivity index (χ1v) is 8.48. The fourth-order valence-corrected chi connectivity index (χ4v) is 3.90. The first kappa shape index (κ1) is 17.0. The number of aryl methyl sites for hydroxylation is 1. The van der Waals surface area contributed by atoms with E-state index in [0.717, 1.165) is 17.7 Å². The van der Waals surface area contributed by atoms with Crippen molar-refractivity contribution in [3.8, 4) is 0 Å². The van der Waals surface area contributed by atoms with Crippen molar-refractivity contribution < 1.29 is 14.3 Å². The van der Waals surface area contributed by atoms with Crippen molar-refractivity contribution in [1.82, 2.24) is 4.90 Å². The Balaban J connectivity index is 2.04. The molecule has 1 amide bonds. The number of carbonyl (C=O) groups excluding carboxylic acids is 2. The van der Waals surface area contributed by atoms with Crippen LogP contribution >= 0.6 is 11.3 Å². The molecule has 22 heavy (non-hydrogen) atoms. The number of likely N-dealkylation sites (tertiary alicyclic amines) is 1. The molecule has 1 aromatic heterocycles. The molecule has 2 heterocycles. The van der Waals surface area contributed by atoms with Crippen LogP contribution in [-0.2, 0) is 9.53 Å². The van der Waals surface area contributed by atoms with E-state index in [0.29, 0.717) is 29.2 Å². The Labute approximate surface area is 135 Å². The lowest BCUT2D eigenvalue weighted by Crippen LogP contribution is -2.47. The molecular formula is C16H24N2O3S. The van der Waals surface area contributed by atoms with Gasteiger partial charge in [-0.1, -0.05) is 6.42 Å². The van der Waals surface area contributed by atoms with Crippen molar-refractivity contribution in [1.29, 1.82) is 0 Å². The van der Waals surface area contributed by atoms with Crippen molar-refractivity contribution in [3.05, 3.63) is 16.5 Å². The van der Waals surface area contributed by atoms with Gasteiger partial charge in [-0.3, -0.25) is 9.69 Å². The molecule has 1 aromatic rings. The van der Waals surface area contributed by atoms with Gasteiger partial charge >= 0.3 is 5.97 Å². The second-order valence-corrected chi connectivity index (χ2v) is 7.20. The van der Waals surface area contributed by atoms with E-state index in [2.05, 4.69) is 24.1 Å². The van der Waals surface area contributed by atoms with E-state index in [1.165, 1.54) is 24.9 Å². The molecule has 1 saturated heterocycles. The highest BCUT2D eigenvalue weighted by atomic mass is 32.1.